The van der Waals surface area contributed by atoms with Crippen molar-refractivity contribution in [1.29, 1.82) is 0 Å². The maximum atomic E-state index is 5.78. The SMILES string of the molecule is Cn1ncc2cc(Oc3ccc(N)nc3)c(Br)cc21. The third-order valence-electron chi connectivity index (χ3n) is 2.79. The number of fused-ring (bicyclic) bond motifs is 1. The first-order valence-corrected chi connectivity index (χ1v) is 6.43. The molecule has 0 bridgehead atoms. The molecule has 0 saturated heterocycles. The highest BCUT2D eigenvalue weighted by atomic mass is 79.9. The first-order valence-electron chi connectivity index (χ1n) is 5.64. The van der Waals surface area contributed by atoms with Crippen molar-refractivity contribution in [1.82, 2.24) is 14.8 Å². The zero-order valence-corrected chi connectivity index (χ0v) is 11.8. The Bertz CT molecular complexity index is 736. The molecule has 0 atom stereocenters. The Balaban J connectivity index is 2.00. The zero-order valence-electron chi connectivity index (χ0n) is 10.2. The average Bonchev–Trinajstić information content (AvgIpc) is 2.74. The third-order valence-corrected chi connectivity index (χ3v) is 3.41. The molecule has 1 aromatic carbocycles. The summed E-state index contributed by atoms with van der Waals surface area (Å²) in [5.74, 6) is 1.82. The summed E-state index contributed by atoms with van der Waals surface area (Å²) in [6.07, 6.45) is 3.39. The molecule has 2 heterocycles. The van der Waals surface area contributed by atoms with Gasteiger partial charge in [0, 0.05) is 12.4 Å². The van der Waals surface area contributed by atoms with Gasteiger partial charge in [0.25, 0.3) is 0 Å². The second-order valence-electron chi connectivity index (χ2n) is 4.13. The molecular formula is C13H11BrN4O. The molecule has 0 aliphatic carbocycles. The summed E-state index contributed by atoms with van der Waals surface area (Å²) < 4.78 is 8.46. The molecule has 0 amide bonds. The summed E-state index contributed by atoms with van der Waals surface area (Å²) in [4.78, 5) is 3.99. The second-order valence-corrected chi connectivity index (χ2v) is 4.98. The lowest BCUT2D eigenvalue weighted by Crippen LogP contribution is -1.92. The van der Waals surface area contributed by atoms with Gasteiger partial charge in [0.2, 0.25) is 0 Å². The summed E-state index contributed by atoms with van der Waals surface area (Å²) in [6.45, 7) is 0. The fraction of sp³-hybridized carbons (Fsp3) is 0.0769. The molecule has 0 aliphatic heterocycles. The van der Waals surface area contributed by atoms with Gasteiger partial charge < -0.3 is 10.5 Å². The molecule has 0 fully saturated rings. The molecule has 0 unspecified atom stereocenters. The van der Waals surface area contributed by atoms with Gasteiger partial charge in [-0.15, -0.1) is 0 Å². The number of hydrogen-bond acceptors (Lipinski definition) is 4. The van der Waals surface area contributed by atoms with Crippen LogP contribution in [0.15, 0.2) is 41.1 Å². The molecule has 2 aromatic heterocycles. The topological polar surface area (TPSA) is 66.0 Å². The number of ether oxygens (including phenoxy) is 1. The highest BCUT2D eigenvalue weighted by Crippen LogP contribution is 2.33. The van der Waals surface area contributed by atoms with Crippen molar-refractivity contribution in [3.63, 3.8) is 0 Å². The molecular weight excluding hydrogens is 308 g/mol. The van der Waals surface area contributed by atoms with E-state index in [9.17, 15) is 0 Å². The third kappa shape index (κ3) is 2.26. The van der Waals surface area contributed by atoms with Gasteiger partial charge in [-0.25, -0.2) is 4.98 Å². The largest absolute Gasteiger partial charge is 0.455 e. The van der Waals surface area contributed by atoms with Gasteiger partial charge in [0.1, 0.15) is 17.3 Å². The van der Waals surface area contributed by atoms with Crippen LogP contribution in [0.4, 0.5) is 5.82 Å². The molecule has 96 valence electrons. The lowest BCUT2D eigenvalue weighted by molar-refractivity contribution is 0.478. The summed E-state index contributed by atoms with van der Waals surface area (Å²) in [6, 6.07) is 7.39. The number of pyridine rings is 1. The van der Waals surface area contributed by atoms with Crippen molar-refractivity contribution < 1.29 is 4.74 Å². The van der Waals surface area contributed by atoms with E-state index in [1.807, 2.05) is 23.9 Å². The fourth-order valence-corrected chi connectivity index (χ4v) is 2.22. The smallest absolute Gasteiger partial charge is 0.145 e. The van der Waals surface area contributed by atoms with Gasteiger partial charge >= 0.3 is 0 Å². The molecule has 0 aliphatic rings. The Hall–Kier alpha value is -2.08. The number of aryl methyl sites for hydroxylation is 1. The Morgan fingerprint density at radius 1 is 1.26 bits per heavy atom. The number of anilines is 1. The van der Waals surface area contributed by atoms with Crippen molar-refractivity contribution in [3.05, 3.63) is 41.1 Å². The van der Waals surface area contributed by atoms with Gasteiger partial charge in [-0.05, 0) is 40.2 Å². The summed E-state index contributed by atoms with van der Waals surface area (Å²) in [7, 11) is 1.90. The summed E-state index contributed by atoms with van der Waals surface area (Å²) in [5.41, 5.74) is 6.58. The van der Waals surface area contributed by atoms with Crippen LogP contribution in [0.2, 0.25) is 0 Å². The highest BCUT2D eigenvalue weighted by molar-refractivity contribution is 9.10. The van der Waals surface area contributed by atoms with E-state index in [-0.39, 0.29) is 0 Å². The predicted octanol–water partition coefficient (Wildman–Crippen LogP) is 3.11. The van der Waals surface area contributed by atoms with Gasteiger partial charge in [0.15, 0.2) is 0 Å². The molecule has 0 radical (unpaired) electrons. The number of nitrogens with two attached hydrogens (primary N) is 1. The molecule has 5 nitrogen and oxygen atoms in total. The van der Waals surface area contributed by atoms with Crippen LogP contribution in [0.1, 0.15) is 0 Å². The maximum Gasteiger partial charge on any atom is 0.145 e. The predicted molar refractivity (Wildman–Crippen MR) is 77.1 cm³/mol. The van der Waals surface area contributed by atoms with Crippen LogP contribution in [0.3, 0.4) is 0 Å². The lowest BCUT2D eigenvalue weighted by Gasteiger charge is -2.08. The van der Waals surface area contributed by atoms with Crippen LogP contribution in [0.25, 0.3) is 10.9 Å². The van der Waals surface area contributed by atoms with E-state index < -0.39 is 0 Å². The van der Waals surface area contributed by atoms with Gasteiger partial charge in [-0.2, -0.15) is 5.10 Å². The number of rotatable bonds is 2. The number of nitrogens with zero attached hydrogens (tertiary/aromatic N) is 3. The second kappa shape index (κ2) is 4.55. The van der Waals surface area contributed by atoms with Crippen LogP contribution in [0.5, 0.6) is 11.5 Å². The molecule has 19 heavy (non-hydrogen) atoms. The first-order chi connectivity index (χ1) is 9.13. The minimum absolute atomic E-state index is 0.467. The maximum absolute atomic E-state index is 5.78. The van der Waals surface area contributed by atoms with Crippen LogP contribution in [0, 0.1) is 0 Å². The van der Waals surface area contributed by atoms with Crippen LogP contribution in [-0.4, -0.2) is 14.8 Å². The fourth-order valence-electron chi connectivity index (χ4n) is 1.81. The first kappa shape index (κ1) is 12.0. The molecule has 0 saturated carbocycles. The molecule has 3 aromatic rings. The van der Waals surface area contributed by atoms with E-state index in [1.165, 1.54) is 0 Å². The molecule has 3 rings (SSSR count). The van der Waals surface area contributed by atoms with Gasteiger partial charge in [-0.1, -0.05) is 0 Å². The Morgan fingerprint density at radius 2 is 2.11 bits per heavy atom. The number of halogens is 1. The van der Waals surface area contributed by atoms with Crippen molar-refractivity contribution in [2.75, 3.05) is 5.73 Å². The Labute approximate surface area is 118 Å². The number of benzene rings is 1. The quantitative estimate of drug-likeness (QED) is 0.788. The Kier molecular flexibility index (Phi) is 2.87. The van der Waals surface area contributed by atoms with E-state index >= 15 is 0 Å². The molecule has 6 heteroatoms. The van der Waals surface area contributed by atoms with Crippen molar-refractivity contribution in [2.45, 2.75) is 0 Å². The van der Waals surface area contributed by atoms with E-state index in [1.54, 1.807) is 24.5 Å². The highest BCUT2D eigenvalue weighted by Gasteiger charge is 2.08. The van der Waals surface area contributed by atoms with Crippen molar-refractivity contribution >= 4 is 32.7 Å². The van der Waals surface area contributed by atoms with E-state index in [0.717, 1.165) is 15.4 Å². The lowest BCUT2D eigenvalue weighted by atomic mass is 10.2. The molecule has 2 N–H and O–H groups in total. The summed E-state index contributed by atoms with van der Waals surface area (Å²) >= 11 is 3.50. The zero-order chi connectivity index (χ0) is 13.4. The van der Waals surface area contributed by atoms with Crippen molar-refractivity contribution in [3.8, 4) is 11.5 Å². The van der Waals surface area contributed by atoms with E-state index in [4.69, 9.17) is 10.5 Å². The minimum Gasteiger partial charge on any atom is -0.455 e. The van der Waals surface area contributed by atoms with Crippen LogP contribution in [-0.2, 0) is 7.05 Å². The van der Waals surface area contributed by atoms with E-state index in [0.29, 0.717) is 17.3 Å². The minimum atomic E-state index is 0.467. The standard InChI is InChI=1S/C13H11BrN4O/c1-18-11-5-10(14)12(4-8(11)6-17-18)19-9-2-3-13(15)16-7-9/h2-7H,1H3,(H2,15,16). The normalized spacial score (nSPS) is 10.8. The monoisotopic (exact) mass is 318 g/mol. The van der Waals surface area contributed by atoms with Crippen LogP contribution < -0.4 is 10.5 Å². The average molecular weight is 319 g/mol. The van der Waals surface area contributed by atoms with E-state index in [2.05, 4.69) is 26.0 Å². The number of aromatic nitrogens is 3. The van der Waals surface area contributed by atoms with Crippen molar-refractivity contribution in [2.24, 2.45) is 7.05 Å². The Morgan fingerprint density at radius 3 is 2.84 bits per heavy atom. The molecule has 0 spiro atoms. The van der Waals surface area contributed by atoms with Gasteiger partial charge in [-0.3, -0.25) is 4.68 Å². The number of hydrogen-bond donors (Lipinski definition) is 1. The number of nitrogen functional groups attached to an aromatic ring is 1. The van der Waals surface area contributed by atoms with Gasteiger partial charge in [0.05, 0.1) is 22.4 Å². The van der Waals surface area contributed by atoms with Crippen LogP contribution >= 0.6 is 15.9 Å². The summed E-state index contributed by atoms with van der Waals surface area (Å²) in [5, 5.41) is 5.23.